The molecule has 1 aliphatic carbocycles. The van der Waals surface area contributed by atoms with Crippen molar-refractivity contribution in [2.45, 2.75) is 63.1 Å². The highest BCUT2D eigenvalue weighted by molar-refractivity contribution is 7.59. The molecule has 2 aliphatic heterocycles. The van der Waals surface area contributed by atoms with E-state index in [2.05, 4.69) is 20.8 Å². The van der Waals surface area contributed by atoms with Gasteiger partial charge in [-0.2, -0.15) is 54.0 Å². The standard InChI is InChI=1S/C22H25ClN6O4.CH4.4H2S/c23-16-10-28(19-17(30)11-33-20(16)19)22(32)18(13-5-2-1-3-6-13)25-21(31)14-7-4-8-15(9-14)29-12-24-26-27-29;;;;;/h4,7-9,12-13,16,18-20H,1-3,5-6,10-11H2,(H,25,31);1H4;4*1H2/t16-,18-,19+,20+;;;;;/m0...../s1. The number of tetrazole rings is 1. The average molecular weight is 625 g/mol. The number of aromatic nitrogens is 4. The van der Waals surface area contributed by atoms with E-state index >= 15 is 0 Å². The summed E-state index contributed by atoms with van der Waals surface area (Å²) in [7, 11) is 0. The Bertz CT molecular complexity index is 1060. The summed E-state index contributed by atoms with van der Waals surface area (Å²) in [5.74, 6) is -0.757. The Hall–Kier alpha value is -1.45. The van der Waals surface area contributed by atoms with E-state index < -0.39 is 23.6 Å². The molecule has 3 aliphatic rings. The van der Waals surface area contributed by atoms with Crippen molar-refractivity contribution in [3.63, 3.8) is 0 Å². The number of rotatable bonds is 5. The predicted octanol–water partition coefficient (Wildman–Crippen LogP) is 2.21. The second-order valence-corrected chi connectivity index (χ2v) is 9.41. The maximum Gasteiger partial charge on any atom is 0.252 e. The first kappa shape index (κ1) is 36.5. The van der Waals surface area contributed by atoms with Gasteiger partial charge in [-0.05, 0) is 47.4 Å². The summed E-state index contributed by atoms with van der Waals surface area (Å²) >= 11 is 6.40. The first-order valence-corrected chi connectivity index (χ1v) is 11.7. The van der Waals surface area contributed by atoms with Crippen molar-refractivity contribution < 1.29 is 19.1 Å². The highest BCUT2D eigenvalue weighted by Crippen LogP contribution is 2.34. The van der Waals surface area contributed by atoms with Crippen LogP contribution in [0.15, 0.2) is 30.6 Å². The van der Waals surface area contributed by atoms with Crippen LogP contribution in [0, 0.1) is 5.92 Å². The van der Waals surface area contributed by atoms with Gasteiger partial charge in [-0.15, -0.1) is 16.7 Å². The molecular weight excluding hydrogens is 588 g/mol. The van der Waals surface area contributed by atoms with Crippen LogP contribution in [0.2, 0.25) is 0 Å². The van der Waals surface area contributed by atoms with Crippen molar-refractivity contribution in [2.24, 2.45) is 5.92 Å². The van der Waals surface area contributed by atoms with Crippen LogP contribution in [0.4, 0.5) is 0 Å². The first-order chi connectivity index (χ1) is 16.0. The van der Waals surface area contributed by atoms with E-state index in [0.717, 1.165) is 32.1 Å². The first-order valence-electron chi connectivity index (χ1n) is 11.3. The highest BCUT2D eigenvalue weighted by Gasteiger charge is 2.53. The van der Waals surface area contributed by atoms with Gasteiger partial charge >= 0.3 is 0 Å². The van der Waals surface area contributed by atoms with Gasteiger partial charge in [-0.25, -0.2) is 4.68 Å². The van der Waals surface area contributed by atoms with E-state index in [1.165, 1.54) is 15.9 Å². The SMILES string of the molecule is C.O=C(N[C@H](C(=O)N1C[C@H](Cl)[C@H]2OCC(=O)[C@H]21)C1CCCCC1)c1cccc(-n2cnnn2)c1.S.S.S.S. The van der Waals surface area contributed by atoms with Gasteiger partial charge < -0.3 is 15.0 Å². The zero-order valence-electron chi connectivity index (χ0n) is 20.0. The summed E-state index contributed by atoms with van der Waals surface area (Å²) in [6, 6.07) is 5.47. The number of carbonyl (C=O) groups excluding carboxylic acids is 3. The number of hydrogen-bond acceptors (Lipinski definition) is 7. The van der Waals surface area contributed by atoms with Crippen LogP contribution in [0.5, 0.6) is 0 Å². The van der Waals surface area contributed by atoms with E-state index in [4.69, 9.17) is 16.3 Å². The van der Waals surface area contributed by atoms with Crippen molar-refractivity contribution in [1.29, 1.82) is 0 Å². The largest absolute Gasteiger partial charge is 0.366 e. The van der Waals surface area contributed by atoms with E-state index in [9.17, 15) is 14.4 Å². The van der Waals surface area contributed by atoms with Crippen molar-refractivity contribution in [3.8, 4) is 5.69 Å². The molecule has 2 amide bonds. The lowest BCUT2D eigenvalue weighted by Crippen LogP contribution is -2.55. The number of likely N-dealkylation sites (tertiary alicyclic amines) is 1. The molecule has 15 heteroatoms. The summed E-state index contributed by atoms with van der Waals surface area (Å²) in [5, 5.41) is 13.6. The van der Waals surface area contributed by atoms with Gasteiger partial charge in [-0.3, -0.25) is 14.4 Å². The Morgan fingerprint density at radius 3 is 2.47 bits per heavy atom. The van der Waals surface area contributed by atoms with Gasteiger partial charge in [0.2, 0.25) is 5.91 Å². The minimum atomic E-state index is -0.731. The number of hydrogen-bond donors (Lipinski definition) is 1. The second kappa shape index (κ2) is 16.0. The molecule has 1 aromatic heterocycles. The zero-order chi connectivity index (χ0) is 22.9. The predicted molar refractivity (Wildman–Crippen MR) is 165 cm³/mol. The van der Waals surface area contributed by atoms with Gasteiger partial charge in [0.25, 0.3) is 5.91 Å². The normalized spacial score (nSPS) is 22.8. The van der Waals surface area contributed by atoms with Gasteiger partial charge in [0.05, 0.1) is 11.1 Å². The number of benzene rings is 1. The van der Waals surface area contributed by atoms with Crippen molar-refractivity contribution in [3.05, 3.63) is 36.2 Å². The summed E-state index contributed by atoms with van der Waals surface area (Å²) in [4.78, 5) is 40.9. The molecule has 5 rings (SSSR count). The maximum atomic E-state index is 13.7. The number of fused-ring (bicyclic) bond motifs is 1. The Labute approximate surface area is 255 Å². The maximum absolute atomic E-state index is 13.7. The quantitative estimate of drug-likeness (QED) is 0.507. The molecule has 38 heavy (non-hydrogen) atoms. The molecule has 3 heterocycles. The number of alkyl halides is 1. The van der Waals surface area contributed by atoms with E-state index in [1.807, 2.05) is 0 Å². The number of carbonyl (C=O) groups is 3. The number of halogens is 1. The van der Waals surface area contributed by atoms with Crippen molar-refractivity contribution >= 4 is 83.2 Å². The average Bonchev–Trinajstić information content (AvgIpc) is 3.58. The molecule has 214 valence electrons. The monoisotopic (exact) mass is 624 g/mol. The minimum Gasteiger partial charge on any atom is -0.366 e. The molecule has 1 saturated carbocycles. The van der Waals surface area contributed by atoms with Gasteiger partial charge in [0, 0.05) is 12.1 Å². The smallest absolute Gasteiger partial charge is 0.252 e. The summed E-state index contributed by atoms with van der Waals surface area (Å²) in [6.45, 7) is 0.196. The molecule has 1 N–H and O–H groups in total. The van der Waals surface area contributed by atoms with Crippen LogP contribution in [-0.4, -0.2) is 79.4 Å². The lowest BCUT2D eigenvalue weighted by atomic mass is 9.83. The molecule has 3 fully saturated rings. The lowest BCUT2D eigenvalue weighted by molar-refractivity contribution is -0.139. The molecule has 1 aromatic carbocycles. The third kappa shape index (κ3) is 7.39. The molecule has 0 spiro atoms. The summed E-state index contributed by atoms with van der Waals surface area (Å²) < 4.78 is 6.98. The zero-order valence-corrected chi connectivity index (χ0v) is 24.7. The number of ketones is 1. The molecule has 0 unspecified atom stereocenters. The highest BCUT2D eigenvalue weighted by atomic mass is 35.5. The van der Waals surface area contributed by atoms with Crippen LogP contribution in [0.3, 0.4) is 0 Å². The topological polar surface area (TPSA) is 119 Å². The van der Waals surface area contributed by atoms with E-state index in [0.29, 0.717) is 11.3 Å². The number of Topliss-reactive ketones (excluding diaryl/α,β-unsaturated/α-hetero) is 1. The van der Waals surface area contributed by atoms with Crippen LogP contribution in [0.1, 0.15) is 49.9 Å². The number of amides is 2. The third-order valence-corrected chi connectivity index (χ3v) is 7.19. The lowest BCUT2D eigenvalue weighted by Gasteiger charge is -2.34. The van der Waals surface area contributed by atoms with Crippen LogP contribution in [-0.2, 0) is 14.3 Å². The second-order valence-electron chi connectivity index (χ2n) is 8.85. The molecule has 4 atom stereocenters. The van der Waals surface area contributed by atoms with Gasteiger partial charge in [0.15, 0.2) is 5.78 Å². The molecule has 2 aromatic rings. The molecule has 0 bridgehead atoms. The Balaban J connectivity index is 0.00000274. The molecule has 2 saturated heterocycles. The molecule has 0 radical (unpaired) electrons. The third-order valence-electron chi connectivity index (χ3n) is 6.80. The number of nitrogens with one attached hydrogen (secondary N) is 1. The van der Waals surface area contributed by atoms with Gasteiger partial charge in [0.1, 0.15) is 31.1 Å². The Morgan fingerprint density at radius 2 is 1.82 bits per heavy atom. The molecule has 10 nitrogen and oxygen atoms in total. The summed E-state index contributed by atoms with van der Waals surface area (Å²) in [5.41, 5.74) is 1.03. The fourth-order valence-electron chi connectivity index (χ4n) is 5.15. The summed E-state index contributed by atoms with van der Waals surface area (Å²) in [6.07, 6.45) is 5.77. The fraction of sp³-hybridized carbons (Fsp3) is 0.565. The van der Waals surface area contributed by atoms with Crippen molar-refractivity contribution in [2.75, 3.05) is 13.2 Å². The Kier molecular flexibility index (Phi) is 15.4. The van der Waals surface area contributed by atoms with Crippen LogP contribution >= 0.6 is 65.6 Å². The van der Waals surface area contributed by atoms with Gasteiger partial charge in [-0.1, -0.05) is 32.8 Å². The number of nitrogens with zero attached hydrogens (tertiary/aromatic N) is 5. The van der Waals surface area contributed by atoms with E-state index in [1.54, 1.807) is 24.3 Å². The van der Waals surface area contributed by atoms with E-state index in [-0.39, 0.29) is 98.1 Å². The minimum absolute atomic E-state index is 0. The Morgan fingerprint density at radius 1 is 1.11 bits per heavy atom. The van der Waals surface area contributed by atoms with Crippen molar-refractivity contribution in [1.82, 2.24) is 30.4 Å². The molecular formula is C23H37ClN6O4S4. The van der Waals surface area contributed by atoms with Crippen LogP contribution < -0.4 is 5.32 Å². The number of ether oxygens (including phenoxy) is 1. The fourth-order valence-corrected chi connectivity index (χ4v) is 5.50. The van der Waals surface area contributed by atoms with Crippen LogP contribution in [0.25, 0.3) is 5.69 Å².